The maximum Gasteiger partial charge on any atom is 0.326 e. The highest BCUT2D eigenvalue weighted by atomic mass is 16.4. The van der Waals surface area contributed by atoms with E-state index in [-0.39, 0.29) is 18.2 Å². The molecule has 0 saturated heterocycles. The van der Waals surface area contributed by atoms with E-state index >= 15 is 0 Å². The first-order chi connectivity index (χ1) is 10.8. The van der Waals surface area contributed by atoms with Crippen LogP contribution in [0, 0.1) is 19.8 Å². The Bertz CT molecular complexity index is 753. The number of aryl methyl sites for hydroxylation is 2. The fourth-order valence-electron chi connectivity index (χ4n) is 2.73. The number of nitrogens with zero attached hydrogens (tertiary/aromatic N) is 1. The van der Waals surface area contributed by atoms with Crippen LogP contribution >= 0.6 is 0 Å². The lowest BCUT2D eigenvalue weighted by Gasteiger charge is -2.19. The molecule has 1 aromatic heterocycles. The largest absolute Gasteiger partial charge is 0.480 e. The average Bonchev–Trinajstić information content (AvgIpc) is 2.48. The van der Waals surface area contributed by atoms with Crippen LogP contribution in [-0.4, -0.2) is 28.0 Å². The highest BCUT2D eigenvalue weighted by Crippen LogP contribution is 2.23. The van der Waals surface area contributed by atoms with Gasteiger partial charge < -0.3 is 10.4 Å². The van der Waals surface area contributed by atoms with Crippen molar-refractivity contribution in [2.24, 2.45) is 5.92 Å². The quantitative estimate of drug-likeness (QED) is 0.889. The fraction of sp³-hybridized carbons (Fsp3) is 0.389. The van der Waals surface area contributed by atoms with Crippen molar-refractivity contribution in [2.45, 2.75) is 40.2 Å². The van der Waals surface area contributed by atoms with Crippen LogP contribution in [0.1, 0.15) is 30.7 Å². The second-order valence-corrected chi connectivity index (χ2v) is 6.12. The number of nitrogens with one attached hydrogen (secondary N) is 1. The molecule has 0 aliphatic rings. The molecule has 5 nitrogen and oxygen atoms in total. The van der Waals surface area contributed by atoms with Crippen molar-refractivity contribution in [3.8, 4) is 0 Å². The predicted octanol–water partition coefficient (Wildman–Crippen LogP) is 2.62. The van der Waals surface area contributed by atoms with Crippen LogP contribution < -0.4 is 5.32 Å². The van der Waals surface area contributed by atoms with Crippen molar-refractivity contribution in [3.05, 3.63) is 41.1 Å². The van der Waals surface area contributed by atoms with E-state index in [0.717, 1.165) is 27.7 Å². The van der Waals surface area contributed by atoms with E-state index < -0.39 is 12.0 Å². The average molecular weight is 314 g/mol. The van der Waals surface area contributed by atoms with E-state index in [2.05, 4.69) is 10.3 Å². The first-order valence-corrected chi connectivity index (χ1v) is 7.68. The summed E-state index contributed by atoms with van der Waals surface area (Å²) < 4.78 is 0. The molecule has 0 aliphatic carbocycles. The number of benzene rings is 1. The molecule has 0 spiro atoms. The lowest BCUT2D eigenvalue weighted by atomic mass is 9.98. The molecular weight excluding hydrogens is 292 g/mol. The third-order valence-electron chi connectivity index (χ3n) is 4.07. The van der Waals surface area contributed by atoms with Gasteiger partial charge in [-0.2, -0.15) is 0 Å². The van der Waals surface area contributed by atoms with Gasteiger partial charge in [-0.1, -0.05) is 32.0 Å². The van der Waals surface area contributed by atoms with Gasteiger partial charge in [-0.05, 0) is 37.0 Å². The molecule has 5 heteroatoms. The van der Waals surface area contributed by atoms with Crippen molar-refractivity contribution in [1.82, 2.24) is 10.3 Å². The third kappa shape index (κ3) is 3.67. The molecule has 2 N–H and O–H groups in total. The number of carbonyl (C=O) groups is 2. The molecule has 0 unspecified atom stereocenters. The van der Waals surface area contributed by atoms with Crippen molar-refractivity contribution in [3.63, 3.8) is 0 Å². The highest BCUT2D eigenvalue weighted by Gasteiger charge is 2.24. The van der Waals surface area contributed by atoms with Gasteiger partial charge >= 0.3 is 5.97 Å². The summed E-state index contributed by atoms with van der Waals surface area (Å²) in [6.07, 6.45) is 0.131. The van der Waals surface area contributed by atoms with Crippen LogP contribution in [-0.2, 0) is 16.0 Å². The molecule has 2 rings (SSSR count). The van der Waals surface area contributed by atoms with Gasteiger partial charge in [-0.3, -0.25) is 9.78 Å². The monoisotopic (exact) mass is 314 g/mol. The molecule has 1 heterocycles. The molecule has 0 fully saturated rings. The SMILES string of the molecule is Cc1nc2ccccc2c(C)c1CC(=O)N[C@H](C(=O)O)C(C)C. The predicted molar refractivity (Wildman–Crippen MR) is 89.3 cm³/mol. The summed E-state index contributed by atoms with van der Waals surface area (Å²) in [5.41, 5.74) is 3.57. The Hall–Kier alpha value is -2.43. The zero-order valence-corrected chi connectivity index (χ0v) is 13.9. The van der Waals surface area contributed by atoms with Gasteiger partial charge in [0.25, 0.3) is 0 Å². The summed E-state index contributed by atoms with van der Waals surface area (Å²) in [6, 6.07) is 6.91. The van der Waals surface area contributed by atoms with Crippen LogP contribution in [0.3, 0.4) is 0 Å². The van der Waals surface area contributed by atoms with Crippen molar-refractivity contribution < 1.29 is 14.7 Å². The van der Waals surface area contributed by atoms with E-state index in [0.29, 0.717) is 0 Å². The fourth-order valence-corrected chi connectivity index (χ4v) is 2.73. The van der Waals surface area contributed by atoms with E-state index in [4.69, 9.17) is 0 Å². The zero-order chi connectivity index (χ0) is 17.1. The van der Waals surface area contributed by atoms with Crippen molar-refractivity contribution >= 4 is 22.8 Å². The maximum absolute atomic E-state index is 12.3. The Kier molecular flexibility index (Phi) is 4.98. The topological polar surface area (TPSA) is 79.3 Å². The summed E-state index contributed by atoms with van der Waals surface area (Å²) >= 11 is 0. The summed E-state index contributed by atoms with van der Waals surface area (Å²) in [5, 5.41) is 12.8. The number of pyridine rings is 1. The number of hydrogen-bond donors (Lipinski definition) is 2. The second kappa shape index (κ2) is 6.77. The van der Waals surface area contributed by atoms with E-state index in [1.165, 1.54) is 0 Å². The minimum absolute atomic E-state index is 0.131. The van der Waals surface area contributed by atoms with Gasteiger partial charge in [0.15, 0.2) is 0 Å². The van der Waals surface area contributed by atoms with Crippen LogP contribution in [0.15, 0.2) is 24.3 Å². The molecular formula is C18H22N2O3. The Balaban J connectivity index is 2.28. The number of carbonyl (C=O) groups excluding carboxylic acids is 1. The van der Waals surface area contributed by atoms with Gasteiger partial charge in [0.2, 0.25) is 5.91 Å². The number of hydrogen-bond acceptors (Lipinski definition) is 3. The molecule has 2 aromatic rings. The van der Waals surface area contributed by atoms with Crippen LogP contribution in [0.25, 0.3) is 10.9 Å². The highest BCUT2D eigenvalue weighted by molar-refractivity contribution is 5.88. The number of fused-ring (bicyclic) bond motifs is 1. The Morgan fingerprint density at radius 3 is 2.48 bits per heavy atom. The van der Waals surface area contributed by atoms with Crippen LogP contribution in [0.4, 0.5) is 0 Å². The molecule has 23 heavy (non-hydrogen) atoms. The molecule has 0 aliphatic heterocycles. The summed E-state index contributed by atoms with van der Waals surface area (Å²) in [6.45, 7) is 7.39. The Labute approximate surface area is 135 Å². The molecule has 0 radical (unpaired) electrons. The number of carboxylic acid groups (broad SMARTS) is 1. The number of carboxylic acids is 1. The van der Waals surface area contributed by atoms with Crippen LogP contribution in [0.5, 0.6) is 0 Å². The summed E-state index contributed by atoms with van der Waals surface area (Å²) in [7, 11) is 0. The number of para-hydroxylation sites is 1. The standard InChI is InChI=1S/C18H22N2O3/c1-10(2)17(18(22)23)20-16(21)9-14-11(3)13-7-5-6-8-15(13)19-12(14)4/h5-8,10,17H,9H2,1-4H3,(H,20,21)(H,22,23)/t17-/m0/s1. The zero-order valence-electron chi connectivity index (χ0n) is 13.9. The molecule has 1 atom stereocenters. The van der Waals surface area contributed by atoms with Crippen LogP contribution in [0.2, 0.25) is 0 Å². The number of aliphatic carboxylic acids is 1. The maximum atomic E-state index is 12.3. The van der Waals surface area contributed by atoms with Gasteiger partial charge in [0.05, 0.1) is 11.9 Å². The Morgan fingerprint density at radius 2 is 1.87 bits per heavy atom. The lowest BCUT2D eigenvalue weighted by Crippen LogP contribution is -2.45. The Morgan fingerprint density at radius 1 is 1.22 bits per heavy atom. The summed E-state index contributed by atoms with van der Waals surface area (Å²) in [5.74, 6) is -1.49. The molecule has 1 amide bonds. The summed E-state index contributed by atoms with van der Waals surface area (Å²) in [4.78, 5) is 28.0. The van der Waals surface area contributed by atoms with Gasteiger partial charge in [0, 0.05) is 11.1 Å². The molecule has 1 aromatic carbocycles. The van der Waals surface area contributed by atoms with Gasteiger partial charge in [-0.15, -0.1) is 0 Å². The van der Waals surface area contributed by atoms with E-state index in [9.17, 15) is 14.7 Å². The molecule has 0 saturated carbocycles. The molecule has 122 valence electrons. The van der Waals surface area contributed by atoms with Gasteiger partial charge in [-0.25, -0.2) is 4.79 Å². The minimum atomic E-state index is -1.02. The minimum Gasteiger partial charge on any atom is -0.480 e. The normalized spacial score (nSPS) is 12.4. The van der Waals surface area contributed by atoms with Gasteiger partial charge in [0.1, 0.15) is 6.04 Å². The number of rotatable bonds is 5. The second-order valence-electron chi connectivity index (χ2n) is 6.12. The van der Waals surface area contributed by atoms with Crippen molar-refractivity contribution in [1.29, 1.82) is 0 Å². The van der Waals surface area contributed by atoms with E-state index in [1.807, 2.05) is 38.1 Å². The molecule has 0 bridgehead atoms. The smallest absolute Gasteiger partial charge is 0.326 e. The van der Waals surface area contributed by atoms with Crippen molar-refractivity contribution in [2.75, 3.05) is 0 Å². The lowest BCUT2D eigenvalue weighted by molar-refractivity contribution is -0.143. The first-order valence-electron chi connectivity index (χ1n) is 7.68. The number of aromatic nitrogens is 1. The third-order valence-corrected chi connectivity index (χ3v) is 4.07. The first kappa shape index (κ1) is 16.9. The van der Waals surface area contributed by atoms with E-state index in [1.54, 1.807) is 13.8 Å². The number of amides is 1.